The molecule has 6 heteroatoms. The normalized spacial score (nSPS) is 11.9. The van der Waals surface area contributed by atoms with Gasteiger partial charge in [-0.15, -0.1) is 0 Å². The van der Waals surface area contributed by atoms with Gasteiger partial charge in [0, 0.05) is 18.3 Å². The number of aliphatic hydroxyl groups excluding tert-OH is 1. The first-order valence-corrected chi connectivity index (χ1v) is 6.43. The third-order valence-corrected chi connectivity index (χ3v) is 2.76. The van der Waals surface area contributed by atoms with Crippen molar-refractivity contribution in [3.63, 3.8) is 0 Å². The number of nitrogens with one attached hydrogen (secondary N) is 2. The molecule has 0 radical (unpaired) electrons. The molecular formula is C14H18N4O2. The topological polar surface area (TPSA) is 79.2 Å². The lowest BCUT2D eigenvalue weighted by Gasteiger charge is -2.11. The van der Waals surface area contributed by atoms with Crippen LogP contribution in [0.4, 0.5) is 4.79 Å². The van der Waals surface area contributed by atoms with Crippen molar-refractivity contribution in [1.29, 1.82) is 0 Å². The Bertz CT molecular complexity index is 553. The van der Waals surface area contributed by atoms with Crippen LogP contribution in [0.15, 0.2) is 42.7 Å². The number of aromatic nitrogens is 2. The largest absolute Gasteiger partial charge is 0.394 e. The van der Waals surface area contributed by atoms with Gasteiger partial charge in [0.1, 0.15) is 0 Å². The van der Waals surface area contributed by atoms with Crippen molar-refractivity contribution in [3.8, 4) is 5.69 Å². The average Bonchev–Trinajstić information content (AvgIpc) is 2.95. The molecule has 0 saturated heterocycles. The van der Waals surface area contributed by atoms with Crippen LogP contribution >= 0.6 is 0 Å². The Morgan fingerprint density at radius 3 is 2.85 bits per heavy atom. The van der Waals surface area contributed by atoms with Crippen LogP contribution in [0.2, 0.25) is 0 Å². The van der Waals surface area contributed by atoms with Crippen molar-refractivity contribution < 1.29 is 9.90 Å². The van der Waals surface area contributed by atoms with Crippen molar-refractivity contribution in [2.24, 2.45) is 0 Å². The molecule has 20 heavy (non-hydrogen) atoms. The van der Waals surface area contributed by atoms with Crippen LogP contribution in [0.3, 0.4) is 0 Å². The Balaban J connectivity index is 1.89. The molecular weight excluding hydrogens is 256 g/mol. The fourth-order valence-electron chi connectivity index (χ4n) is 1.68. The molecule has 0 aliphatic rings. The SMILES string of the molecule is C[C@H](CO)NC(=O)NCc1cnn(-c2ccccc2)c1. The van der Waals surface area contributed by atoms with E-state index in [2.05, 4.69) is 15.7 Å². The molecule has 0 spiro atoms. The second kappa shape index (κ2) is 6.72. The number of amides is 2. The van der Waals surface area contributed by atoms with Gasteiger partial charge in [-0.05, 0) is 19.1 Å². The van der Waals surface area contributed by atoms with Crippen molar-refractivity contribution >= 4 is 6.03 Å². The van der Waals surface area contributed by atoms with Gasteiger partial charge in [0.15, 0.2) is 0 Å². The van der Waals surface area contributed by atoms with E-state index in [1.54, 1.807) is 17.8 Å². The summed E-state index contributed by atoms with van der Waals surface area (Å²) < 4.78 is 1.76. The van der Waals surface area contributed by atoms with Crippen LogP contribution in [0, 0.1) is 0 Å². The monoisotopic (exact) mass is 274 g/mol. The van der Waals surface area contributed by atoms with Gasteiger partial charge in [-0.25, -0.2) is 9.48 Å². The number of para-hydroxylation sites is 1. The third kappa shape index (κ3) is 3.83. The summed E-state index contributed by atoms with van der Waals surface area (Å²) in [5, 5.41) is 18.4. The molecule has 0 unspecified atom stereocenters. The lowest BCUT2D eigenvalue weighted by Crippen LogP contribution is -2.41. The summed E-state index contributed by atoms with van der Waals surface area (Å²) in [6.07, 6.45) is 3.58. The second-order valence-corrected chi connectivity index (χ2v) is 4.54. The van der Waals surface area contributed by atoms with E-state index in [0.717, 1.165) is 11.3 Å². The van der Waals surface area contributed by atoms with Gasteiger partial charge in [0.05, 0.1) is 24.5 Å². The van der Waals surface area contributed by atoms with Gasteiger partial charge >= 0.3 is 6.03 Å². The van der Waals surface area contributed by atoms with Crippen LogP contribution in [0.1, 0.15) is 12.5 Å². The Hall–Kier alpha value is -2.34. The molecule has 1 aromatic heterocycles. The maximum atomic E-state index is 11.5. The number of hydrogen-bond donors (Lipinski definition) is 3. The van der Waals surface area contributed by atoms with Gasteiger partial charge in [0.2, 0.25) is 0 Å². The molecule has 1 atom stereocenters. The third-order valence-electron chi connectivity index (χ3n) is 2.76. The molecule has 0 fully saturated rings. The number of aliphatic hydroxyl groups is 1. The first kappa shape index (κ1) is 14.1. The highest BCUT2D eigenvalue weighted by atomic mass is 16.3. The minimum Gasteiger partial charge on any atom is -0.394 e. The summed E-state index contributed by atoms with van der Waals surface area (Å²) in [6.45, 7) is 2.03. The maximum Gasteiger partial charge on any atom is 0.315 e. The first-order chi connectivity index (χ1) is 9.69. The van der Waals surface area contributed by atoms with Crippen LogP contribution in [-0.2, 0) is 6.54 Å². The zero-order valence-electron chi connectivity index (χ0n) is 11.3. The van der Waals surface area contributed by atoms with E-state index in [4.69, 9.17) is 5.11 Å². The Morgan fingerprint density at radius 2 is 2.15 bits per heavy atom. The summed E-state index contributed by atoms with van der Waals surface area (Å²) in [5.74, 6) is 0. The second-order valence-electron chi connectivity index (χ2n) is 4.54. The van der Waals surface area contributed by atoms with Gasteiger partial charge in [-0.1, -0.05) is 18.2 Å². The molecule has 0 aliphatic carbocycles. The lowest BCUT2D eigenvalue weighted by atomic mass is 10.3. The maximum absolute atomic E-state index is 11.5. The summed E-state index contributed by atoms with van der Waals surface area (Å²) in [7, 11) is 0. The van der Waals surface area contributed by atoms with E-state index < -0.39 is 0 Å². The van der Waals surface area contributed by atoms with E-state index in [9.17, 15) is 4.79 Å². The van der Waals surface area contributed by atoms with Crippen molar-refractivity contribution in [1.82, 2.24) is 20.4 Å². The molecule has 2 rings (SSSR count). The zero-order valence-corrected chi connectivity index (χ0v) is 11.3. The number of urea groups is 1. The number of hydrogen-bond acceptors (Lipinski definition) is 3. The van der Waals surface area contributed by atoms with E-state index >= 15 is 0 Å². The van der Waals surface area contributed by atoms with Crippen LogP contribution in [0.5, 0.6) is 0 Å². The van der Waals surface area contributed by atoms with Crippen LogP contribution < -0.4 is 10.6 Å². The van der Waals surface area contributed by atoms with Gasteiger partial charge < -0.3 is 15.7 Å². The molecule has 1 heterocycles. The minimum atomic E-state index is -0.306. The number of carbonyl (C=O) groups is 1. The zero-order chi connectivity index (χ0) is 14.4. The number of benzene rings is 1. The Labute approximate surface area is 117 Å². The molecule has 2 aromatic rings. The summed E-state index contributed by atoms with van der Waals surface area (Å²) in [4.78, 5) is 11.5. The fourth-order valence-corrected chi connectivity index (χ4v) is 1.68. The van der Waals surface area contributed by atoms with Crippen molar-refractivity contribution in [2.75, 3.05) is 6.61 Å². The predicted molar refractivity (Wildman–Crippen MR) is 75.5 cm³/mol. The number of nitrogens with zero attached hydrogens (tertiary/aromatic N) is 2. The van der Waals surface area contributed by atoms with Gasteiger partial charge in [0.25, 0.3) is 0 Å². The summed E-state index contributed by atoms with van der Waals surface area (Å²) in [6, 6.07) is 9.18. The quantitative estimate of drug-likeness (QED) is 0.762. The molecule has 6 nitrogen and oxygen atoms in total. The molecule has 0 saturated carbocycles. The van der Waals surface area contributed by atoms with Gasteiger partial charge in [-0.2, -0.15) is 5.10 Å². The number of rotatable bonds is 5. The molecule has 1 aromatic carbocycles. The Morgan fingerprint density at radius 1 is 1.40 bits per heavy atom. The minimum absolute atomic E-state index is 0.0840. The molecule has 0 aliphatic heterocycles. The predicted octanol–water partition coefficient (Wildman–Crippen LogP) is 1.05. The highest BCUT2D eigenvalue weighted by Gasteiger charge is 2.06. The lowest BCUT2D eigenvalue weighted by molar-refractivity contribution is 0.220. The first-order valence-electron chi connectivity index (χ1n) is 6.43. The molecule has 0 bridgehead atoms. The average molecular weight is 274 g/mol. The van der Waals surface area contributed by atoms with E-state index in [1.165, 1.54) is 0 Å². The van der Waals surface area contributed by atoms with E-state index in [1.807, 2.05) is 36.5 Å². The van der Waals surface area contributed by atoms with E-state index in [0.29, 0.717) is 6.54 Å². The molecule has 106 valence electrons. The van der Waals surface area contributed by atoms with Crippen molar-refractivity contribution in [2.45, 2.75) is 19.5 Å². The highest BCUT2D eigenvalue weighted by Crippen LogP contribution is 2.07. The van der Waals surface area contributed by atoms with E-state index in [-0.39, 0.29) is 18.7 Å². The van der Waals surface area contributed by atoms with Crippen LogP contribution in [0.25, 0.3) is 5.69 Å². The van der Waals surface area contributed by atoms with Crippen molar-refractivity contribution in [3.05, 3.63) is 48.3 Å². The standard InChI is InChI=1S/C14H18N4O2/c1-11(10-19)17-14(20)15-7-12-8-16-18(9-12)13-5-3-2-4-6-13/h2-6,8-9,11,19H,7,10H2,1H3,(H2,15,17,20)/t11-/m1/s1. The molecule has 3 N–H and O–H groups in total. The Kier molecular flexibility index (Phi) is 4.73. The summed E-state index contributed by atoms with van der Waals surface area (Å²) >= 11 is 0. The fraction of sp³-hybridized carbons (Fsp3) is 0.286. The smallest absolute Gasteiger partial charge is 0.315 e. The number of carbonyl (C=O) groups excluding carboxylic acids is 1. The highest BCUT2D eigenvalue weighted by molar-refractivity contribution is 5.74. The van der Waals surface area contributed by atoms with Gasteiger partial charge in [-0.3, -0.25) is 0 Å². The molecule has 2 amide bonds. The van der Waals surface area contributed by atoms with Crippen LogP contribution in [-0.4, -0.2) is 33.6 Å². The summed E-state index contributed by atoms with van der Waals surface area (Å²) in [5.41, 5.74) is 1.87.